The van der Waals surface area contributed by atoms with Gasteiger partial charge in [-0.15, -0.1) is 0 Å². The van der Waals surface area contributed by atoms with Gasteiger partial charge in [0.15, 0.2) is 0 Å². The van der Waals surface area contributed by atoms with Crippen LogP contribution in [0.25, 0.3) is 10.9 Å². The molecule has 0 aliphatic carbocycles. The minimum Gasteiger partial charge on any atom is -0.497 e. The number of ether oxygens (including phenoxy) is 1. The Morgan fingerprint density at radius 1 is 0.943 bits per heavy atom. The summed E-state index contributed by atoms with van der Waals surface area (Å²) in [4.78, 5) is 15.8. The molecule has 1 N–H and O–H groups in total. The molecule has 4 rings (SSSR count). The Balaban J connectivity index is 1.75. The fourth-order valence-electron chi connectivity index (χ4n) is 3.97. The molecule has 8 heteroatoms. The van der Waals surface area contributed by atoms with E-state index >= 15 is 0 Å². The molecule has 0 aliphatic heterocycles. The number of sulfonamides is 1. The summed E-state index contributed by atoms with van der Waals surface area (Å²) in [6.07, 6.45) is 0.505. The van der Waals surface area contributed by atoms with Crippen LogP contribution in [-0.2, 0) is 23.0 Å². The van der Waals surface area contributed by atoms with E-state index < -0.39 is 10.0 Å². The van der Waals surface area contributed by atoms with Crippen molar-refractivity contribution >= 4 is 32.5 Å². The number of nitrogens with one attached hydrogen (secondary N) is 1. The molecule has 4 aromatic rings. The molecular weight excluding hydrogens is 484 g/mol. The van der Waals surface area contributed by atoms with E-state index in [0.29, 0.717) is 28.3 Å². The quantitative estimate of drug-likeness (QED) is 0.351. The molecule has 0 amide bonds. The molecule has 0 aliphatic rings. The van der Waals surface area contributed by atoms with Crippen LogP contribution in [0.5, 0.6) is 5.75 Å². The summed E-state index contributed by atoms with van der Waals surface area (Å²) in [5.41, 5.74) is 3.58. The van der Waals surface area contributed by atoms with Gasteiger partial charge < -0.3 is 9.72 Å². The molecule has 0 fully saturated rings. The molecule has 35 heavy (non-hydrogen) atoms. The summed E-state index contributed by atoms with van der Waals surface area (Å²) in [7, 11) is -2.36. The van der Waals surface area contributed by atoms with Crippen LogP contribution < -0.4 is 10.3 Å². The molecule has 0 bridgehead atoms. The number of nitrogens with zero attached hydrogens (tertiary/aromatic N) is 1. The van der Waals surface area contributed by atoms with Gasteiger partial charge in [-0.3, -0.25) is 4.79 Å². The van der Waals surface area contributed by atoms with Crippen LogP contribution in [0.2, 0.25) is 5.02 Å². The number of aromatic nitrogens is 1. The standard InChI is InChI=1S/C27H27ClN2O4S/c1-18-6-4-5-7-20(18)12-13-30(35(32,33)24-10-8-19(2)25(28)16-24)17-22-14-21-15-23(34-3)9-11-26(21)29-27(22)31/h4-11,14-16H,12-13,17H2,1-3H3,(H,29,31). The minimum atomic E-state index is -3.93. The molecule has 182 valence electrons. The van der Waals surface area contributed by atoms with Gasteiger partial charge in [0.1, 0.15) is 5.75 Å². The van der Waals surface area contributed by atoms with E-state index in [-0.39, 0.29) is 23.5 Å². The molecule has 1 aromatic heterocycles. The van der Waals surface area contributed by atoms with Gasteiger partial charge in [-0.05, 0) is 73.4 Å². The van der Waals surface area contributed by atoms with E-state index in [0.717, 1.165) is 22.1 Å². The predicted octanol–water partition coefficient (Wildman–Crippen LogP) is 5.24. The van der Waals surface area contributed by atoms with Gasteiger partial charge in [-0.1, -0.05) is 41.9 Å². The number of hydrogen-bond acceptors (Lipinski definition) is 4. The van der Waals surface area contributed by atoms with Gasteiger partial charge in [0.2, 0.25) is 10.0 Å². The van der Waals surface area contributed by atoms with Crippen molar-refractivity contribution in [3.8, 4) is 5.75 Å². The van der Waals surface area contributed by atoms with Crippen LogP contribution in [0.15, 0.2) is 76.4 Å². The summed E-state index contributed by atoms with van der Waals surface area (Å²) < 4.78 is 34.1. The van der Waals surface area contributed by atoms with Crippen molar-refractivity contribution in [3.05, 3.63) is 104 Å². The molecular formula is C27H27ClN2O4S. The van der Waals surface area contributed by atoms with Crippen LogP contribution in [0.3, 0.4) is 0 Å². The Labute approximate surface area is 210 Å². The molecule has 1 heterocycles. The van der Waals surface area contributed by atoms with Gasteiger partial charge in [-0.25, -0.2) is 8.42 Å². The number of aryl methyl sites for hydroxylation is 2. The van der Waals surface area contributed by atoms with Crippen molar-refractivity contribution in [1.29, 1.82) is 0 Å². The Morgan fingerprint density at radius 3 is 2.43 bits per heavy atom. The summed E-state index contributed by atoms with van der Waals surface area (Å²) in [5.74, 6) is 0.647. The van der Waals surface area contributed by atoms with Crippen LogP contribution in [-0.4, -0.2) is 31.4 Å². The average molecular weight is 511 g/mol. The van der Waals surface area contributed by atoms with Crippen molar-refractivity contribution in [1.82, 2.24) is 9.29 Å². The summed E-state index contributed by atoms with van der Waals surface area (Å²) in [5, 5.41) is 1.13. The lowest BCUT2D eigenvalue weighted by Gasteiger charge is -2.23. The van der Waals surface area contributed by atoms with Crippen LogP contribution in [0.1, 0.15) is 22.3 Å². The highest BCUT2D eigenvalue weighted by molar-refractivity contribution is 7.89. The van der Waals surface area contributed by atoms with Crippen molar-refractivity contribution in [2.75, 3.05) is 13.7 Å². The summed E-state index contributed by atoms with van der Waals surface area (Å²) in [6.45, 7) is 3.93. The minimum absolute atomic E-state index is 0.0812. The zero-order valence-electron chi connectivity index (χ0n) is 19.8. The Hall–Kier alpha value is -3.13. The predicted molar refractivity (Wildman–Crippen MR) is 140 cm³/mol. The topological polar surface area (TPSA) is 79.5 Å². The molecule has 0 atom stereocenters. The van der Waals surface area contributed by atoms with Crippen molar-refractivity contribution in [2.24, 2.45) is 0 Å². The Morgan fingerprint density at radius 2 is 1.71 bits per heavy atom. The maximum Gasteiger partial charge on any atom is 0.252 e. The maximum atomic E-state index is 13.7. The third-order valence-corrected chi connectivity index (χ3v) is 8.40. The second kappa shape index (κ2) is 10.2. The van der Waals surface area contributed by atoms with Gasteiger partial charge in [0, 0.05) is 34.6 Å². The highest BCUT2D eigenvalue weighted by Crippen LogP contribution is 2.25. The highest BCUT2D eigenvalue weighted by atomic mass is 35.5. The van der Waals surface area contributed by atoms with E-state index in [1.54, 1.807) is 43.5 Å². The monoisotopic (exact) mass is 510 g/mol. The molecule has 0 radical (unpaired) electrons. The normalized spacial score (nSPS) is 11.8. The summed E-state index contributed by atoms with van der Waals surface area (Å²) >= 11 is 6.25. The number of aromatic amines is 1. The SMILES string of the molecule is COc1ccc2[nH]c(=O)c(CN(CCc3ccccc3C)S(=O)(=O)c3ccc(C)c(Cl)c3)cc2c1. The molecule has 3 aromatic carbocycles. The molecule has 0 spiro atoms. The number of rotatable bonds is 8. The first kappa shape index (κ1) is 25.0. The van der Waals surface area contributed by atoms with Gasteiger partial charge in [-0.2, -0.15) is 4.31 Å². The number of halogens is 1. The van der Waals surface area contributed by atoms with Gasteiger partial charge in [0.25, 0.3) is 5.56 Å². The second-order valence-electron chi connectivity index (χ2n) is 8.50. The Bertz CT molecular complexity index is 1550. The van der Waals surface area contributed by atoms with Crippen molar-refractivity contribution < 1.29 is 13.2 Å². The van der Waals surface area contributed by atoms with E-state index in [2.05, 4.69) is 4.98 Å². The molecule has 0 saturated carbocycles. The zero-order chi connectivity index (χ0) is 25.2. The van der Waals surface area contributed by atoms with Gasteiger partial charge >= 0.3 is 0 Å². The number of pyridine rings is 1. The van der Waals surface area contributed by atoms with E-state index in [9.17, 15) is 13.2 Å². The first-order valence-electron chi connectivity index (χ1n) is 11.2. The molecule has 0 unspecified atom stereocenters. The first-order chi connectivity index (χ1) is 16.7. The van der Waals surface area contributed by atoms with E-state index in [1.165, 1.54) is 10.4 Å². The lowest BCUT2D eigenvalue weighted by molar-refractivity contribution is 0.408. The number of H-pyrrole nitrogens is 1. The molecule has 0 saturated heterocycles. The van der Waals surface area contributed by atoms with Crippen molar-refractivity contribution in [2.45, 2.75) is 31.7 Å². The van der Waals surface area contributed by atoms with Crippen LogP contribution >= 0.6 is 11.6 Å². The van der Waals surface area contributed by atoms with E-state index in [1.807, 2.05) is 38.1 Å². The van der Waals surface area contributed by atoms with Crippen LogP contribution in [0, 0.1) is 13.8 Å². The lowest BCUT2D eigenvalue weighted by atomic mass is 10.1. The number of fused-ring (bicyclic) bond motifs is 1. The summed E-state index contributed by atoms with van der Waals surface area (Å²) in [6, 6.07) is 19.6. The maximum absolute atomic E-state index is 13.7. The van der Waals surface area contributed by atoms with Crippen LogP contribution in [0.4, 0.5) is 0 Å². The van der Waals surface area contributed by atoms with E-state index in [4.69, 9.17) is 16.3 Å². The first-order valence-corrected chi connectivity index (χ1v) is 13.0. The third-order valence-electron chi connectivity index (χ3n) is 6.15. The fraction of sp³-hybridized carbons (Fsp3) is 0.222. The number of benzene rings is 3. The molecule has 6 nitrogen and oxygen atoms in total. The second-order valence-corrected chi connectivity index (χ2v) is 10.8. The largest absolute Gasteiger partial charge is 0.497 e. The fourth-order valence-corrected chi connectivity index (χ4v) is 5.66. The third kappa shape index (κ3) is 5.42. The number of methoxy groups -OCH3 is 1. The smallest absolute Gasteiger partial charge is 0.252 e. The zero-order valence-corrected chi connectivity index (χ0v) is 21.4. The average Bonchev–Trinajstić information content (AvgIpc) is 2.84. The Kier molecular flexibility index (Phi) is 7.31. The van der Waals surface area contributed by atoms with Gasteiger partial charge in [0.05, 0.1) is 12.0 Å². The van der Waals surface area contributed by atoms with Crippen molar-refractivity contribution in [3.63, 3.8) is 0 Å². The number of hydrogen-bond donors (Lipinski definition) is 1. The lowest BCUT2D eigenvalue weighted by Crippen LogP contribution is -2.34. The highest BCUT2D eigenvalue weighted by Gasteiger charge is 2.26.